The van der Waals surface area contributed by atoms with Crippen LogP contribution in [0.1, 0.15) is 88.4 Å². The lowest BCUT2D eigenvalue weighted by Crippen LogP contribution is -2.43. The van der Waals surface area contributed by atoms with Gasteiger partial charge in [0.25, 0.3) is 0 Å². The summed E-state index contributed by atoms with van der Waals surface area (Å²) in [4.78, 5) is 2.47. The first-order valence-corrected chi connectivity index (χ1v) is 14.2. The first-order chi connectivity index (χ1) is 17.2. The van der Waals surface area contributed by atoms with Gasteiger partial charge in [-0.2, -0.15) is 0 Å². The molecule has 1 aliphatic rings. The van der Waals surface area contributed by atoms with Crippen molar-refractivity contribution in [2.45, 2.75) is 89.7 Å². The van der Waals surface area contributed by atoms with Gasteiger partial charge in [0.1, 0.15) is 0 Å². The fourth-order valence-corrected chi connectivity index (χ4v) is 5.35. The lowest BCUT2D eigenvalue weighted by Gasteiger charge is -2.38. The number of nitrogens with two attached hydrogens (primary N) is 1. The highest BCUT2D eigenvalue weighted by atomic mass is 16.3. The van der Waals surface area contributed by atoms with Crippen LogP contribution in [-0.2, 0) is 6.42 Å². The van der Waals surface area contributed by atoms with Crippen molar-refractivity contribution in [1.29, 1.82) is 0 Å². The molecule has 3 rings (SSSR count). The Morgan fingerprint density at radius 2 is 1.46 bits per heavy atom. The van der Waals surface area contributed by atoms with E-state index in [4.69, 9.17) is 5.73 Å². The van der Waals surface area contributed by atoms with Gasteiger partial charge in [0.15, 0.2) is 0 Å². The third kappa shape index (κ3) is 9.95. The van der Waals surface area contributed by atoms with Crippen LogP contribution in [0.3, 0.4) is 0 Å². The van der Waals surface area contributed by atoms with Gasteiger partial charge in [0.05, 0.1) is 6.10 Å². The Hall–Kier alpha value is -1.88. The van der Waals surface area contributed by atoms with Crippen LogP contribution in [0.15, 0.2) is 54.6 Å². The van der Waals surface area contributed by atoms with Gasteiger partial charge in [-0.15, -0.1) is 0 Å². The third-order valence-corrected chi connectivity index (χ3v) is 7.76. The Bertz CT molecular complexity index is 787. The zero-order chi connectivity index (χ0) is 24.7. The molecular formula is C31H49N3O. The summed E-state index contributed by atoms with van der Waals surface area (Å²) in [5.41, 5.74) is 9.16. The summed E-state index contributed by atoms with van der Waals surface area (Å²) < 4.78 is 0. The number of unbranched alkanes of at least 4 members (excludes halogenated alkanes) is 7. The van der Waals surface area contributed by atoms with Crippen LogP contribution in [0.4, 0.5) is 5.69 Å². The largest absolute Gasteiger partial charge is 0.387 e. The topological polar surface area (TPSA) is 61.5 Å². The summed E-state index contributed by atoms with van der Waals surface area (Å²) in [7, 11) is 0. The number of nitrogens with one attached hydrogen (secondary N) is 1. The van der Waals surface area contributed by atoms with Gasteiger partial charge in [-0.25, -0.2) is 0 Å². The Morgan fingerprint density at radius 1 is 0.857 bits per heavy atom. The van der Waals surface area contributed by atoms with E-state index in [1.165, 1.54) is 76.2 Å². The zero-order valence-electron chi connectivity index (χ0n) is 22.0. The zero-order valence-corrected chi connectivity index (χ0v) is 22.0. The molecule has 0 amide bonds. The van der Waals surface area contributed by atoms with Crippen molar-refractivity contribution >= 4 is 5.69 Å². The van der Waals surface area contributed by atoms with Crippen LogP contribution >= 0.6 is 0 Å². The summed E-state index contributed by atoms with van der Waals surface area (Å²) >= 11 is 0. The van der Waals surface area contributed by atoms with Crippen molar-refractivity contribution in [3.63, 3.8) is 0 Å². The molecule has 194 valence electrons. The molecule has 0 saturated carbocycles. The molecule has 1 saturated heterocycles. The van der Waals surface area contributed by atoms with E-state index >= 15 is 0 Å². The highest BCUT2D eigenvalue weighted by molar-refractivity contribution is 5.45. The first-order valence-electron chi connectivity index (χ1n) is 14.2. The smallest absolute Gasteiger partial charge is 0.0942 e. The maximum Gasteiger partial charge on any atom is 0.0942 e. The quantitative estimate of drug-likeness (QED) is 0.239. The number of likely N-dealkylation sites (tertiary alicyclic amines) is 1. The van der Waals surface area contributed by atoms with Crippen LogP contribution in [0, 0.1) is 5.92 Å². The third-order valence-electron chi connectivity index (χ3n) is 7.76. The molecule has 0 aliphatic carbocycles. The predicted octanol–water partition coefficient (Wildman–Crippen LogP) is 6.55. The number of benzene rings is 2. The van der Waals surface area contributed by atoms with Gasteiger partial charge >= 0.3 is 0 Å². The van der Waals surface area contributed by atoms with Crippen LogP contribution in [-0.4, -0.2) is 42.2 Å². The summed E-state index contributed by atoms with van der Waals surface area (Å²) in [6, 6.07) is 19.4. The van der Waals surface area contributed by atoms with Crippen molar-refractivity contribution in [2.75, 3.05) is 31.5 Å². The molecule has 1 fully saturated rings. The molecule has 0 radical (unpaired) electrons. The molecule has 2 aromatic rings. The predicted molar refractivity (Wildman–Crippen MR) is 150 cm³/mol. The number of aliphatic hydroxyl groups excluding tert-OH is 1. The van der Waals surface area contributed by atoms with Crippen molar-refractivity contribution in [3.8, 4) is 0 Å². The molecule has 0 unspecified atom stereocenters. The molecule has 2 atom stereocenters. The van der Waals surface area contributed by atoms with Gasteiger partial charge in [0, 0.05) is 18.3 Å². The standard InChI is InChI=1S/C31H49N3O/c1-26(34-23-19-28(20-24-34)25-27-13-9-8-10-14-27)31(35)29-15-17-30(18-16-29)33-22-12-7-5-3-2-4-6-11-21-32/h8-10,13-18,26,28,31,33,35H,2-7,11-12,19-25,32H2,1H3/t26-,31-/m1/s1. The number of nitrogens with zero attached hydrogens (tertiary/aromatic N) is 1. The number of anilines is 1. The van der Waals surface area contributed by atoms with E-state index in [2.05, 4.69) is 71.7 Å². The number of rotatable bonds is 16. The minimum atomic E-state index is -0.445. The number of aliphatic hydroxyl groups is 1. The van der Waals surface area contributed by atoms with Crippen LogP contribution in [0.2, 0.25) is 0 Å². The molecule has 0 bridgehead atoms. The normalized spacial score (nSPS) is 16.8. The summed E-state index contributed by atoms with van der Waals surface area (Å²) in [6.45, 7) is 6.17. The van der Waals surface area contributed by atoms with Crippen LogP contribution in [0.25, 0.3) is 0 Å². The average Bonchev–Trinajstić information content (AvgIpc) is 2.90. The SMILES string of the molecule is C[C@H]([C@@H](O)c1ccc(NCCCCCCCCCCN)cc1)N1CCC(Cc2ccccc2)CC1. The van der Waals surface area contributed by atoms with Crippen molar-refractivity contribution in [3.05, 3.63) is 65.7 Å². The molecule has 0 aromatic heterocycles. The van der Waals surface area contributed by atoms with Gasteiger partial charge < -0.3 is 16.2 Å². The highest BCUT2D eigenvalue weighted by Gasteiger charge is 2.27. The number of piperidine rings is 1. The maximum absolute atomic E-state index is 11.0. The summed E-state index contributed by atoms with van der Waals surface area (Å²) in [5.74, 6) is 0.754. The number of hydrogen-bond acceptors (Lipinski definition) is 4. The Morgan fingerprint density at radius 3 is 2.09 bits per heavy atom. The lowest BCUT2D eigenvalue weighted by molar-refractivity contribution is 0.0373. The monoisotopic (exact) mass is 479 g/mol. The van der Waals surface area contributed by atoms with Gasteiger partial charge in [-0.1, -0.05) is 81.0 Å². The fourth-order valence-electron chi connectivity index (χ4n) is 5.35. The van der Waals surface area contributed by atoms with Crippen LogP contribution in [0.5, 0.6) is 0 Å². The summed E-state index contributed by atoms with van der Waals surface area (Å²) in [6.07, 6.45) is 13.5. The average molecular weight is 480 g/mol. The molecule has 4 heteroatoms. The summed E-state index contributed by atoms with van der Waals surface area (Å²) in [5, 5.41) is 14.6. The van der Waals surface area contributed by atoms with E-state index in [0.717, 1.165) is 43.3 Å². The van der Waals surface area contributed by atoms with E-state index in [0.29, 0.717) is 0 Å². The Kier molecular flexibility index (Phi) is 12.6. The van der Waals surface area contributed by atoms with Gasteiger partial charge in [0.2, 0.25) is 0 Å². The molecule has 2 aromatic carbocycles. The maximum atomic E-state index is 11.0. The van der Waals surface area contributed by atoms with E-state index in [9.17, 15) is 5.11 Å². The van der Waals surface area contributed by atoms with E-state index in [1.54, 1.807) is 0 Å². The molecule has 1 aliphatic heterocycles. The van der Waals surface area contributed by atoms with Crippen molar-refractivity contribution < 1.29 is 5.11 Å². The van der Waals surface area contributed by atoms with Gasteiger partial charge in [-0.3, -0.25) is 4.90 Å². The second kappa shape index (κ2) is 16.0. The Balaban J connectivity index is 1.31. The van der Waals surface area contributed by atoms with Crippen LogP contribution < -0.4 is 11.1 Å². The minimum Gasteiger partial charge on any atom is -0.387 e. The van der Waals surface area contributed by atoms with Crippen molar-refractivity contribution in [1.82, 2.24) is 4.90 Å². The second-order valence-electron chi connectivity index (χ2n) is 10.5. The van der Waals surface area contributed by atoms with Crippen molar-refractivity contribution in [2.24, 2.45) is 11.7 Å². The molecule has 35 heavy (non-hydrogen) atoms. The molecule has 4 nitrogen and oxygen atoms in total. The molecule has 1 heterocycles. The lowest BCUT2D eigenvalue weighted by atomic mass is 9.89. The van der Waals surface area contributed by atoms with E-state index < -0.39 is 6.10 Å². The van der Waals surface area contributed by atoms with E-state index in [-0.39, 0.29) is 6.04 Å². The molecule has 4 N–H and O–H groups in total. The first kappa shape index (κ1) is 27.7. The second-order valence-corrected chi connectivity index (χ2v) is 10.5. The Labute approximate surface area is 214 Å². The fraction of sp³-hybridized carbons (Fsp3) is 0.613. The molecule has 0 spiro atoms. The highest BCUT2D eigenvalue weighted by Crippen LogP contribution is 2.28. The minimum absolute atomic E-state index is 0.141. The van der Waals surface area contributed by atoms with Gasteiger partial charge in [-0.05, 0) is 87.8 Å². The molecular weight excluding hydrogens is 430 g/mol. The number of hydrogen-bond donors (Lipinski definition) is 3. The van der Waals surface area contributed by atoms with E-state index in [1.807, 2.05) is 0 Å².